The molecule has 1 aromatic carbocycles. The number of ether oxygens (including phenoxy) is 1. The second-order valence-electron chi connectivity index (χ2n) is 6.64. The number of carboxylic acids is 1. The Morgan fingerprint density at radius 1 is 1.23 bits per heavy atom. The smallest absolute Gasteiger partial charge is 0.408 e. The molecule has 7 heteroatoms. The lowest BCUT2D eigenvalue weighted by molar-refractivity contribution is -0.174. The SMILES string of the molecule is CCCCOC(=O)C1(C(=O)O)CC(Cc2ccccc2)CCN1C(=O)O. The fourth-order valence-electron chi connectivity index (χ4n) is 3.43. The molecule has 2 N–H and O–H groups in total. The van der Waals surface area contributed by atoms with Crippen LogP contribution in [0.5, 0.6) is 0 Å². The van der Waals surface area contributed by atoms with Crippen molar-refractivity contribution < 1.29 is 29.3 Å². The summed E-state index contributed by atoms with van der Waals surface area (Å²) in [4.78, 5) is 37.1. The van der Waals surface area contributed by atoms with Crippen molar-refractivity contribution in [3.8, 4) is 0 Å². The van der Waals surface area contributed by atoms with Crippen molar-refractivity contribution in [1.82, 2.24) is 4.90 Å². The standard InChI is InChI=1S/C19H25NO6/c1-2-3-11-26-17(23)19(16(21)22)13-15(9-10-20(19)18(24)25)12-14-7-5-4-6-8-14/h4-8,15H,2-3,9-13H2,1H3,(H,21,22)(H,24,25). The van der Waals surface area contributed by atoms with Crippen molar-refractivity contribution in [2.75, 3.05) is 13.2 Å². The number of carbonyl (C=O) groups excluding carboxylic acids is 1. The zero-order valence-electron chi connectivity index (χ0n) is 14.9. The molecule has 2 rings (SSSR count). The number of aliphatic carboxylic acids is 1. The maximum absolute atomic E-state index is 12.6. The van der Waals surface area contributed by atoms with Crippen LogP contribution >= 0.6 is 0 Å². The largest absolute Gasteiger partial charge is 0.479 e. The van der Waals surface area contributed by atoms with Gasteiger partial charge in [-0.25, -0.2) is 14.4 Å². The first kappa shape index (κ1) is 19.8. The van der Waals surface area contributed by atoms with E-state index in [4.69, 9.17) is 4.74 Å². The summed E-state index contributed by atoms with van der Waals surface area (Å²) in [5, 5.41) is 19.3. The number of carboxylic acid groups (broad SMARTS) is 2. The average molecular weight is 363 g/mol. The first-order chi connectivity index (χ1) is 12.4. The molecular weight excluding hydrogens is 338 g/mol. The van der Waals surface area contributed by atoms with Gasteiger partial charge in [-0.1, -0.05) is 43.7 Å². The summed E-state index contributed by atoms with van der Waals surface area (Å²) in [5.41, 5.74) is -1.16. The summed E-state index contributed by atoms with van der Waals surface area (Å²) in [5.74, 6) is -2.58. The van der Waals surface area contributed by atoms with Gasteiger partial charge in [0.15, 0.2) is 0 Å². The third-order valence-corrected chi connectivity index (χ3v) is 4.83. The monoisotopic (exact) mass is 363 g/mol. The molecule has 1 saturated heterocycles. The van der Waals surface area contributed by atoms with Gasteiger partial charge < -0.3 is 14.9 Å². The highest BCUT2D eigenvalue weighted by atomic mass is 16.5. The zero-order chi connectivity index (χ0) is 19.2. The van der Waals surface area contributed by atoms with Gasteiger partial charge in [0.25, 0.3) is 0 Å². The van der Waals surface area contributed by atoms with Crippen molar-refractivity contribution in [3.63, 3.8) is 0 Å². The van der Waals surface area contributed by atoms with Crippen LogP contribution in [0.1, 0.15) is 38.2 Å². The molecule has 0 bridgehead atoms. The van der Waals surface area contributed by atoms with Crippen LogP contribution < -0.4 is 0 Å². The molecule has 1 aliphatic rings. The van der Waals surface area contributed by atoms with Crippen molar-refractivity contribution in [1.29, 1.82) is 0 Å². The third kappa shape index (κ3) is 4.15. The van der Waals surface area contributed by atoms with E-state index >= 15 is 0 Å². The van der Waals surface area contributed by atoms with Crippen LogP contribution in [0.4, 0.5) is 4.79 Å². The molecule has 0 saturated carbocycles. The molecule has 2 atom stereocenters. The summed E-state index contributed by atoms with van der Waals surface area (Å²) in [6.07, 6.45) is 0.964. The summed E-state index contributed by atoms with van der Waals surface area (Å²) in [7, 11) is 0. The molecule has 7 nitrogen and oxygen atoms in total. The van der Waals surface area contributed by atoms with E-state index in [9.17, 15) is 24.6 Å². The van der Waals surface area contributed by atoms with E-state index in [1.807, 2.05) is 37.3 Å². The molecule has 0 aromatic heterocycles. The molecular formula is C19H25NO6. The van der Waals surface area contributed by atoms with Crippen molar-refractivity contribution in [3.05, 3.63) is 35.9 Å². The maximum Gasteiger partial charge on any atom is 0.408 e. The topological polar surface area (TPSA) is 104 Å². The van der Waals surface area contributed by atoms with Crippen LogP contribution in [0.2, 0.25) is 0 Å². The number of unbranched alkanes of at least 4 members (excludes halogenated alkanes) is 1. The van der Waals surface area contributed by atoms with E-state index in [-0.39, 0.29) is 25.5 Å². The number of nitrogens with zero attached hydrogens (tertiary/aromatic N) is 1. The highest BCUT2D eigenvalue weighted by Gasteiger charge is 2.58. The van der Waals surface area contributed by atoms with E-state index in [0.717, 1.165) is 16.9 Å². The van der Waals surface area contributed by atoms with Crippen molar-refractivity contribution in [2.24, 2.45) is 5.92 Å². The van der Waals surface area contributed by atoms with Crippen molar-refractivity contribution >= 4 is 18.0 Å². The number of carbonyl (C=O) groups is 3. The van der Waals surface area contributed by atoms with Crippen LogP contribution in [0.25, 0.3) is 0 Å². The highest BCUT2D eigenvalue weighted by Crippen LogP contribution is 2.35. The average Bonchev–Trinajstić information content (AvgIpc) is 2.62. The lowest BCUT2D eigenvalue weighted by Gasteiger charge is -2.43. The fraction of sp³-hybridized carbons (Fsp3) is 0.526. The van der Waals surface area contributed by atoms with Gasteiger partial charge in [0, 0.05) is 6.54 Å². The van der Waals surface area contributed by atoms with Crippen LogP contribution in [0.15, 0.2) is 30.3 Å². The molecule has 0 spiro atoms. The Hall–Kier alpha value is -2.57. The van der Waals surface area contributed by atoms with Gasteiger partial charge in [0.05, 0.1) is 6.61 Å². The highest BCUT2D eigenvalue weighted by molar-refractivity contribution is 6.06. The Kier molecular flexibility index (Phi) is 6.60. The van der Waals surface area contributed by atoms with Gasteiger partial charge in [0.1, 0.15) is 0 Å². The number of piperidine rings is 1. The molecule has 1 aromatic rings. The molecule has 142 valence electrons. The van der Waals surface area contributed by atoms with Gasteiger partial charge in [-0.2, -0.15) is 0 Å². The molecule has 0 aliphatic carbocycles. The van der Waals surface area contributed by atoms with Gasteiger partial charge in [-0.15, -0.1) is 0 Å². The van der Waals surface area contributed by atoms with Crippen LogP contribution in [-0.2, 0) is 20.7 Å². The Labute approximate surface area is 152 Å². The molecule has 1 heterocycles. The van der Waals surface area contributed by atoms with E-state index < -0.39 is 23.6 Å². The third-order valence-electron chi connectivity index (χ3n) is 4.83. The Morgan fingerprint density at radius 3 is 2.50 bits per heavy atom. The minimum absolute atomic E-state index is 0.0119. The van der Waals surface area contributed by atoms with E-state index in [1.165, 1.54) is 0 Å². The Bertz CT molecular complexity index is 647. The van der Waals surface area contributed by atoms with E-state index in [2.05, 4.69) is 0 Å². The normalized spacial score (nSPS) is 22.7. The Balaban J connectivity index is 2.27. The molecule has 1 amide bonds. The van der Waals surface area contributed by atoms with Gasteiger partial charge in [0.2, 0.25) is 5.54 Å². The summed E-state index contributed by atoms with van der Waals surface area (Å²) >= 11 is 0. The molecule has 26 heavy (non-hydrogen) atoms. The van der Waals surface area contributed by atoms with Gasteiger partial charge >= 0.3 is 18.0 Å². The zero-order valence-corrected chi connectivity index (χ0v) is 14.9. The number of benzene rings is 1. The number of rotatable bonds is 7. The summed E-state index contributed by atoms with van der Waals surface area (Å²) in [6.45, 7) is 1.99. The second kappa shape index (κ2) is 8.69. The number of likely N-dealkylation sites (tertiary alicyclic amines) is 1. The Morgan fingerprint density at radius 2 is 1.92 bits per heavy atom. The molecule has 2 unspecified atom stereocenters. The first-order valence-corrected chi connectivity index (χ1v) is 8.87. The predicted molar refractivity (Wildman–Crippen MR) is 93.8 cm³/mol. The van der Waals surface area contributed by atoms with Crippen molar-refractivity contribution in [2.45, 2.75) is 44.6 Å². The van der Waals surface area contributed by atoms with Gasteiger partial charge in [-0.3, -0.25) is 4.90 Å². The van der Waals surface area contributed by atoms with Crippen LogP contribution in [-0.4, -0.2) is 51.8 Å². The number of esters is 1. The van der Waals surface area contributed by atoms with Crippen LogP contribution in [0.3, 0.4) is 0 Å². The number of hydrogen-bond donors (Lipinski definition) is 2. The lowest BCUT2D eigenvalue weighted by Crippen LogP contribution is -2.65. The second-order valence-corrected chi connectivity index (χ2v) is 6.64. The minimum atomic E-state index is -2.18. The summed E-state index contributed by atoms with van der Waals surface area (Å²) < 4.78 is 5.14. The van der Waals surface area contributed by atoms with E-state index in [0.29, 0.717) is 19.3 Å². The maximum atomic E-state index is 12.6. The number of hydrogen-bond acceptors (Lipinski definition) is 4. The molecule has 1 fully saturated rings. The van der Waals surface area contributed by atoms with E-state index in [1.54, 1.807) is 0 Å². The predicted octanol–water partition coefficient (Wildman–Crippen LogP) is 2.79. The minimum Gasteiger partial charge on any atom is -0.479 e. The molecule has 1 aliphatic heterocycles. The van der Waals surface area contributed by atoms with Gasteiger partial charge in [-0.05, 0) is 37.2 Å². The first-order valence-electron chi connectivity index (χ1n) is 8.87. The lowest BCUT2D eigenvalue weighted by atomic mass is 9.77. The number of amides is 1. The molecule has 0 radical (unpaired) electrons. The van der Waals surface area contributed by atoms with Crippen LogP contribution in [0, 0.1) is 5.92 Å². The quantitative estimate of drug-likeness (QED) is 0.438. The summed E-state index contributed by atoms with van der Waals surface area (Å²) in [6, 6.07) is 9.55. The fourth-order valence-corrected chi connectivity index (χ4v) is 3.43.